The third-order valence-corrected chi connectivity index (χ3v) is 4.87. The van der Waals surface area contributed by atoms with E-state index in [9.17, 15) is 19.7 Å². The number of amides is 2. The van der Waals surface area contributed by atoms with Crippen LogP contribution in [0.2, 0.25) is 5.02 Å². The van der Waals surface area contributed by atoms with E-state index < -0.39 is 22.5 Å². The van der Waals surface area contributed by atoms with Gasteiger partial charge in [-0.25, -0.2) is 4.79 Å². The van der Waals surface area contributed by atoms with E-state index in [1.165, 1.54) is 23.9 Å². The number of ether oxygens (including phenoxy) is 1. The smallest absolute Gasteiger partial charge is 0.412 e. The summed E-state index contributed by atoms with van der Waals surface area (Å²) in [6.45, 7) is 5.68. The van der Waals surface area contributed by atoms with Crippen LogP contribution in [0.5, 0.6) is 0 Å². The second-order valence-electron chi connectivity index (χ2n) is 7.18. The number of hydrogen-bond donors (Lipinski definition) is 2. The van der Waals surface area contributed by atoms with Crippen molar-refractivity contribution in [3.05, 3.63) is 63.2 Å². The third kappa shape index (κ3) is 7.57. The van der Waals surface area contributed by atoms with E-state index in [1.54, 1.807) is 39.0 Å². The third-order valence-electron chi connectivity index (χ3n) is 3.54. The summed E-state index contributed by atoms with van der Waals surface area (Å²) in [6.07, 6.45) is -0.536. The molecule has 0 fully saturated rings. The van der Waals surface area contributed by atoms with Gasteiger partial charge in [0.15, 0.2) is 0 Å². The van der Waals surface area contributed by atoms with Crippen molar-refractivity contribution >= 4 is 46.7 Å². The zero-order valence-electron chi connectivity index (χ0n) is 16.7. The highest BCUT2D eigenvalue weighted by molar-refractivity contribution is 7.99. The zero-order valence-corrected chi connectivity index (χ0v) is 18.3. The maximum Gasteiger partial charge on any atom is 0.412 e. The molecule has 160 valence electrons. The molecule has 0 heterocycles. The Kier molecular flexibility index (Phi) is 8.08. The molecule has 30 heavy (non-hydrogen) atoms. The lowest BCUT2D eigenvalue weighted by molar-refractivity contribution is -0.384. The number of thioether (sulfide) groups is 1. The van der Waals surface area contributed by atoms with Gasteiger partial charge >= 0.3 is 6.09 Å². The molecule has 0 unspecified atom stereocenters. The first-order valence-electron chi connectivity index (χ1n) is 9.00. The maximum atomic E-state index is 12.3. The SMILES string of the molecule is CC(C)(C)OC(=O)Nc1cccc(SCCNC(=O)c2cc([N+](=O)[O-])ccc2Cl)c1. The number of carbonyl (C=O) groups excluding carboxylic acids is 2. The Morgan fingerprint density at radius 2 is 1.93 bits per heavy atom. The summed E-state index contributed by atoms with van der Waals surface area (Å²) in [5.74, 6) is 0.0680. The minimum atomic E-state index is -0.587. The first kappa shape index (κ1) is 23.5. The van der Waals surface area contributed by atoms with Crippen molar-refractivity contribution in [2.45, 2.75) is 31.3 Å². The topological polar surface area (TPSA) is 111 Å². The average Bonchev–Trinajstić information content (AvgIpc) is 2.64. The van der Waals surface area contributed by atoms with Gasteiger partial charge in [0.05, 0.1) is 15.5 Å². The number of rotatable bonds is 7. The minimum Gasteiger partial charge on any atom is -0.444 e. The fourth-order valence-corrected chi connectivity index (χ4v) is 3.34. The van der Waals surface area contributed by atoms with Gasteiger partial charge in [0.25, 0.3) is 11.6 Å². The molecule has 2 aromatic carbocycles. The molecular weight excluding hydrogens is 430 g/mol. The van der Waals surface area contributed by atoms with Gasteiger partial charge in [-0.15, -0.1) is 11.8 Å². The van der Waals surface area contributed by atoms with E-state index in [0.29, 0.717) is 18.0 Å². The van der Waals surface area contributed by atoms with Gasteiger partial charge in [-0.1, -0.05) is 17.7 Å². The van der Waals surface area contributed by atoms with E-state index in [2.05, 4.69) is 10.6 Å². The number of non-ortho nitro benzene ring substituents is 1. The summed E-state index contributed by atoms with van der Waals surface area (Å²) < 4.78 is 5.22. The number of carbonyl (C=O) groups is 2. The molecule has 0 aliphatic carbocycles. The normalized spacial score (nSPS) is 10.9. The Labute approximate surface area is 183 Å². The molecule has 0 spiro atoms. The van der Waals surface area contributed by atoms with Crippen LogP contribution >= 0.6 is 23.4 Å². The van der Waals surface area contributed by atoms with E-state index >= 15 is 0 Å². The largest absolute Gasteiger partial charge is 0.444 e. The lowest BCUT2D eigenvalue weighted by Crippen LogP contribution is -2.27. The summed E-state index contributed by atoms with van der Waals surface area (Å²) in [5, 5.41) is 16.4. The Morgan fingerprint density at radius 3 is 2.60 bits per heavy atom. The molecule has 10 heteroatoms. The van der Waals surface area contributed by atoms with Gasteiger partial charge in [0, 0.05) is 35.0 Å². The van der Waals surface area contributed by atoms with E-state index in [4.69, 9.17) is 16.3 Å². The van der Waals surface area contributed by atoms with Crippen LogP contribution < -0.4 is 10.6 Å². The number of benzene rings is 2. The molecule has 0 atom stereocenters. The fraction of sp³-hybridized carbons (Fsp3) is 0.300. The molecule has 2 aromatic rings. The minimum absolute atomic E-state index is 0.0550. The zero-order chi connectivity index (χ0) is 22.3. The number of nitrogens with zero attached hydrogens (tertiary/aromatic N) is 1. The molecule has 0 saturated carbocycles. The Hall–Kier alpha value is -2.78. The standard InChI is InChI=1S/C20H22ClN3O5S/c1-20(2,3)29-19(26)23-13-5-4-6-15(11-13)30-10-9-22-18(25)16-12-14(24(27)28)7-8-17(16)21/h4-8,11-12H,9-10H2,1-3H3,(H,22,25)(H,23,26). The monoisotopic (exact) mass is 451 g/mol. The fourth-order valence-electron chi connectivity index (χ4n) is 2.31. The maximum absolute atomic E-state index is 12.3. The number of nitro benzene ring substituents is 1. The molecule has 0 saturated heterocycles. The molecule has 0 bridgehead atoms. The van der Waals surface area contributed by atoms with Crippen molar-refractivity contribution < 1.29 is 19.2 Å². The highest BCUT2D eigenvalue weighted by Gasteiger charge is 2.17. The molecule has 0 aliphatic heterocycles. The molecule has 2 rings (SSSR count). The molecular formula is C20H22ClN3O5S. The number of anilines is 1. The van der Waals surface area contributed by atoms with Crippen LogP contribution in [0, 0.1) is 10.1 Å². The lowest BCUT2D eigenvalue weighted by atomic mass is 10.2. The summed E-state index contributed by atoms with van der Waals surface area (Å²) in [4.78, 5) is 35.3. The Bertz CT molecular complexity index is 946. The highest BCUT2D eigenvalue weighted by atomic mass is 35.5. The molecule has 0 aromatic heterocycles. The molecule has 2 amide bonds. The summed E-state index contributed by atoms with van der Waals surface area (Å²) in [6, 6.07) is 10.9. The van der Waals surface area contributed by atoms with Crippen LogP contribution in [0.4, 0.5) is 16.2 Å². The van der Waals surface area contributed by atoms with Crippen LogP contribution in [0.25, 0.3) is 0 Å². The number of nitro groups is 1. The lowest BCUT2D eigenvalue weighted by Gasteiger charge is -2.19. The molecule has 0 radical (unpaired) electrons. The van der Waals surface area contributed by atoms with Crippen LogP contribution in [0.15, 0.2) is 47.4 Å². The van der Waals surface area contributed by atoms with E-state index in [0.717, 1.165) is 11.0 Å². The highest BCUT2D eigenvalue weighted by Crippen LogP contribution is 2.23. The van der Waals surface area contributed by atoms with Crippen LogP contribution in [0.1, 0.15) is 31.1 Å². The quantitative estimate of drug-likeness (QED) is 0.261. The van der Waals surface area contributed by atoms with Gasteiger partial charge in [-0.3, -0.25) is 20.2 Å². The van der Waals surface area contributed by atoms with Gasteiger partial charge in [0.1, 0.15) is 5.60 Å². The van der Waals surface area contributed by atoms with Gasteiger partial charge in [-0.05, 0) is 45.0 Å². The number of halogens is 1. The summed E-state index contributed by atoms with van der Waals surface area (Å²) in [5.41, 5.74) is -0.134. The van der Waals surface area contributed by atoms with E-state index in [1.807, 2.05) is 6.07 Å². The summed E-state index contributed by atoms with van der Waals surface area (Å²) in [7, 11) is 0. The van der Waals surface area contributed by atoms with Gasteiger partial charge in [0.2, 0.25) is 0 Å². The van der Waals surface area contributed by atoms with Crippen LogP contribution in [0.3, 0.4) is 0 Å². The van der Waals surface area contributed by atoms with Crippen molar-refractivity contribution in [2.75, 3.05) is 17.6 Å². The predicted molar refractivity (Wildman–Crippen MR) is 117 cm³/mol. The van der Waals surface area contributed by atoms with Crippen molar-refractivity contribution in [3.8, 4) is 0 Å². The molecule has 2 N–H and O–H groups in total. The molecule has 0 aliphatic rings. The van der Waals surface area contributed by atoms with Gasteiger partial charge < -0.3 is 10.1 Å². The Balaban J connectivity index is 1.86. The van der Waals surface area contributed by atoms with Crippen LogP contribution in [-0.4, -0.2) is 34.8 Å². The van der Waals surface area contributed by atoms with Crippen LogP contribution in [-0.2, 0) is 4.74 Å². The first-order valence-corrected chi connectivity index (χ1v) is 10.4. The first-order chi connectivity index (χ1) is 14.0. The second-order valence-corrected chi connectivity index (χ2v) is 8.76. The number of hydrogen-bond acceptors (Lipinski definition) is 6. The summed E-state index contributed by atoms with van der Waals surface area (Å²) >= 11 is 7.45. The van der Waals surface area contributed by atoms with Crippen molar-refractivity contribution in [1.82, 2.24) is 5.32 Å². The second kappa shape index (κ2) is 10.3. The van der Waals surface area contributed by atoms with Crippen molar-refractivity contribution in [2.24, 2.45) is 0 Å². The van der Waals surface area contributed by atoms with Gasteiger partial charge in [-0.2, -0.15) is 0 Å². The Morgan fingerprint density at radius 1 is 1.20 bits per heavy atom. The van der Waals surface area contributed by atoms with Crippen molar-refractivity contribution in [1.29, 1.82) is 0 Å². The predicted octanol–water partition coefficient (Wildman–Crippen LogP) is 5.12. The average molecular weight is 452 g/mol. The molecule has 8 nitrogen and oxygen atoms in total. The number of nitrogens with one attached hydrogen (secondary N) is 2. The van der Waals surface area contributed by atoms with Crippen molar-refractivity contribution in [3.63, 3.8) is 0 Å². The van der Waals surface area contributed by atoms with E-state index in [-0.39, 0.29) is 16.3 Å².